The average Bonchev–Trinajstić information content (AvgIpc) is 3.72. The minimum atomic E-state index is -0.0475. The number of fused-ring (bicyclic) bond motifs is 1. The first-order valence-electron chi connectivity index (χ1n) is 16.2. The second-order valence-corrected chi connectivity index (χ2v) is 12.3. The number of carbonyl (C=O) groups excluding carboxylic acids is 1. The first-order chi connectivity index (χ1) is 21.8. The number of benzene rings is 4. The highest BCUT2D eigenvalue weighted by Crippen LogP contribution is 2.40. The SMILES string of the molecule is O=C(c1c(C(c2ccccc2)c2ccccc2)c2ccccc2n1CCN1CCCC1)N1CCN(Cc2ccccc2)CC1. The van der Waals surface area contributed by atoms with Crippen molar-refractivity contribution in [1.82, 2.24) is 19.3 Å². The summed E-state index contributed by atoms with van der Waals surface area (Å²) in [6, 6.07) is 40.8. The summed E-state index contributed by atoms with van der Waals surface area (Å²) in [5, 5.41) is 1.18. The van der Waals surface area contributed by atoms with E-state index in [1.165, 1.54) is 34.9 Å². The van der Waals surface area contributed by atoms with E-state index in [0.29, 0.717) is 0 Å². The summed E-state index contributed by atoms with van der Waals surface area (Å²) in [6.45, 7) is 8.23. The molecule has 3 heterocycles. The summed E-state index contributed by atoms with van der Waals surface area (Å²) in [7, 11) is 0. The molecule has 7 rings (SSSR count). The Bertz CT molecular complexity index is 1630. The van der Waals surface area contributed by atoms with Crippen LogP contribution in [0.5, 0.6) is 0 Å². The fraction of sp³-hybridized carbons (Fsp3) is 0.308. The predicted molar refractivity (Wildman–Crippen MR) is 179 cm³/mol. The molecule has 5 aromatic rings. The second-order valence-electron chi connectivity index (χ2n) is 12.3. The number of para-hydroxylation sites is 1. The van der Waals surface area contributed by atoms with Gasteiger partial charge in [-0.3, -0.25) is 9.69 Å². The smallest absolute Gasteiger partial charge is 0.270 e. The third kappa shape index (κ3) is 5.95. The topological polar surface area (TPSA) is 31.7 Å². The van der Waals surface area contributed by atoms with Crippen molar-refractivity contribution >= 4 is 16.8 Å². The number of hydrogen-bond donors (Lipinski definition) is 0. The molecule has 0 radical (unpaired) electrons. The van der Waals surface area contributed by atoms with E-state index in [4.69, 9.17) is 0 Å². The number of likely N-dealkylation sites (tertiary alicyclic amines) is 1. The molecule has 1 amide bonds. The minimum absolute atomic E-state index is 0.0475. The van der Waals surface area contributed by atoms with E-state index in [0.717, 1.165) is 75.7 Å². The van der Waals surface area contributed by atoms with Crippen molar-refractivity contribution in [3.63, 3.8) is 0 Å². The van der Waals surface area contributed by atoms with Crippen molar-refractivity contribution in [2.75, 3.05) is 45.8 Å². The Kier molecular flexibility index (Phi) is 8.58. The van der Waals surface area contributed by atoms with Crippen LogP contribution in [-0.2, 0) is 13.1 Å². The Morgan fingerprint density at radius 2 is 1.16 bits per heavy atom. The number of amides is 1. The maximum absolute atomic E-state index is 14.9. The van der Waals surface area contributed by atoms with Crippen LogP contribution in [0.1, 0.15) is 51.5 Å². The Morgan fingerprint density at radius 3 is 1.80 bits per heavy atom. The molecule has 5 heteroatoms. The molecule has 5 nitrogen and oxygen atoms in total. The van der Waals surface area contributed by atoms with Gasteiger partial charge in [-0.25, -0.2) is 0 Å². The zero-order chi connectivity index (χ0) is 29.7. The first-order valence-corrected chi connectivity index (χ1v) is 16.2. The minimum Gasteiger partial charge on any atom is -0.335 e. The molecule has 224 valence electrons. The molecular formula is C39H42N4O. The number of hydrogen-bond acceptors (Lipinski definition) is 3. The average molecular weight is 583 g/mol. The molecule has 0 spiro atoms. The molecule has 2 aliphatic rings. The molecule has 0 saturated carbocycles. The van der Waals surface area contributed by atoms with Gasteiger partial charge in [-0.15, -0.1) is 0 Å². The van der Waals surface area contributed by atoms with Gasteiger partial charge >= 0.3 is 0 Å². The normalized spacial score (nSPS) is 16.2. The maximum atomic E-state index is 14.9. The molecule has 0 N–H and O–H groups in total. The van der Waals surface area contributed by atoms with Gasteiger partial charge < -0.3 is 14.4 Å². The summed E-state index contributed by atoms with van der Waals surface area (Å²) in [5.74, 6) is 0.113. The van der Waals surface area contributed by atoms with Crippen LogP contribution in [0.3, 0.4) is 0 Å². The largest absolute Gasteiger partial charge is 0.335 e. The summed E-state index contributed by atoms with van der Waals surface area (Å²) in [6.07, 6.45) is 2.53. The zero-order valence-electron chi connectivity index (χ0n) is 25.5. The van der Waals surface area contributed by atoms with Gasteiger partial charge in [0.2, 0.25) is 0 Å². The van der Waals surface area contributed by atoms with E-state index in [2.05, 4.69) is 135 Å². The molecule has 44 heavy (non-hydrogen) atoms. The maximum Gasteiger partial charge on any atom is 0.270 e. The molecule has 0 bridgehead atoms. The highest BCUT2D eigenvalue weighted by Gasteiger charge is 2.33. The van der Waals surface area contributed by atoms with Crippen LogP contribution in [0, 0.1) is 0 Å². The summed E-state index contributed by atoms with van der Waals surface area (Å²) in [5.41, 5.74) is 6.90. The fourth-order valence-corrected chi connectivity index (χ4v) is 7.25. The Balaban J connectivity index is 1.30. The number of rotatable bonds is 9. The van der Waals surface area contributed by atoms with Crippen LogP contribution < -0.4 is 0 Å². The summed E-state index contributed by atoms with van der Waals surface area (Å²) in [4.78, 5) is 22.0. The van der Waals surface area contributed by atoms with Crippen LogP contribution in [0.2, 0.25) is 0 Å². The van der Waals surface area contributed by atoms with Crippen LogP contribution in [0.15, 0.2) is 115 Å². The monoisotopic (exact) mass is 582 g/mol. The summed E-state index contributed by atoms with van der Waals surface area (Å²) < 4.78 is 2.36. The lowest BCUT2D eigenvalue weighted by atomic mass is 9.83. The van der Waals surface area contributed by atoms with Crippen LogP contribution in [-0.4, -0.2) is 71.0 Å². The van der Waals surface area contributed by atoms with E-state index in [-0.39, 0.29) is 11.8 Å². The third-order valence-corrected chi connectivity index (χ3v) is 9.51. The molecule has 0 unspecified atom stereocenters. The van der Waals surface area contributed by atoms with E-state index in [1.807, 2.05) is 0 Å². The van der Waals surface area contributed by atoms with Crippen molar-refractivity contribution in [2.45, 2.75) is 31.8 Å². The fourth-order valence-electron chi connectivity index (χ4n) is 7.25. The lowest BCUT2D eigenvalue weighted by Crippen LogP contribution is -2.49. The predicted octanol–water partition coefficient (Wildman–Crippen LogP) is 6.88. The lowest BCUT2D eigenvalue weighted by Gasteiger charge is -2.35. The molecule has 2 saturated heterocycles. The van der Waals surface area contributed by atoms with Gasteiger partial charge in [0.05, 0.1) is 0 Å². The molecule has 2 aliphatic heterocycles. The van der Waals surface area contributed by atoms with Crippen molar-refractivity contribution < 1.29 is 4.79 Å². The number of nitrogens with zero attached hydrogens (tertiary/aromatic N) is 4. The van der Waals surface area contributed by atoms with Gasteiger partial charge in [0.25, 0.3) is 5.91 Å². The first kappa shape index (κ1) is 28.6. The molecule has 2 fully saturated rings. The van der Waals surface area contributed by atoms with Gasteiger partial charge in [-0.1, -0.05) is 109 Å². The van der Waals surface area contributed by atoms with Crippen LogP contribution in [0.4, 0.5) is 0 Å². The second kappa shape index (κ2) is 13.2. The quantitative estimate of drug-likeness (QED) is 0.190. The zero-order valence-corrected chi connectivity index (χ0v) is 25.5. The molecule has 0 atom stereocenters. The van der Waals surface area contributed by atoms with E-state index < -0.39 is 0 Å². The molecular weight excluding hydrogens is 540 g/mol. The molecule has 4 aromatic carbocycles. The summed E-state index contributed by atoms with van der Waals surface area (Å²) >= 11 is 0. The standard InChI is InChI=1S/C39H42N4O/c44-39(42-27-24-41(25-28-42)30-31-14-4-1-5-15-31)38-37(36(32-16-6-2-7-17-32)33-18-8-3-9-19-33)34-20-10-11-21-35(34)43(38)29-26-40-22-12-13-23-40/h1-11,14-21,36H,12-13,22-30H2. The highest BCUT2D eigenvalue weighted by atomic mass is 16.2. The van der Waals surface area contributed by atoms with E-state index in [9.17, 15) is 4.79 Å². The van der Waals surface area contributed by atoms with Crippen molar-refractivity contribution in [2.24, 2.45) is 0 Å². The van der Waals surface area contributed by atoms with Crippen molar-refractivity contribution in [3.05, 3.63) is 143 Å². The molecule has 1 aromatic heterocycles. The van der Waals surface area contributed by atoms with Gasteiger partial charge in [0, 0.05) is 68.2 Å². The van der Waals surface area contributed by atoms with Crippen LogP contribution >= 0.6 is 0 Å². The highest BCUT2D eigenvalue weighted by molar-refractivity contribution is 6.03. The Hall–Kier alpha value is -4.19. The van der Waals surface area contributed by atoms with Gasteiger partial charge in [0.15, 0.2) is 0 Å². The van der Waals surface area contributed by atoms with E-state index in [1.54, 1.807) is 0 Å². The third-order valence-electron chi connectivity index (χ3n) is 9.51. The molecule has 0 aliphatic carbocycles. The van der Waals surface area contributed by atoms with Crippen LogP contribution in [0.25, 0.3) is 10.9 Å². The van der Waals surface area contributed by atoms with E-state index >= 15 is 0 Å². The van der Waals surface area contributed by atoms with Gasteiger partial charge in [0.1, 0.15) is 5.69 Å². The van der Waals surface area contributed by atoms with Crippen molar-refractivity contribution in [1.29, 1.82) is 0 Å². The Labute approximate surface area is 261 Å². The van der Waals surface area contributed by atoms with Crippen molar-refractivity contribution in [3.8, 4) is 0 Å². The Morgan fingerprint density at radius 1 is 0.591 bits per heavy atom. The van der Waals surface area contributed by atoms with Gasteiger partial charge in [-0.2, -0.15) is 0 Å². The number of aromatic nitrogens is 1. The number of piperazine rings is 1. The number of carbonyl (C=O) groups is 1. The van der Waals surface area contributed by atoms with Gasteiger partial charge in [-0.05, 0) is 48.7 Å². The lowest BCUT2D eigenvalue weighted by molar-refractivity contribution is 0.0616.